The highest BCUT2D eigenvalue weighted by Crippen LogP contribution is 2.30. The zero-order valence-corrected chi connectivity index (χ0v) is 18.5. The van der Waals surface area contributed by atoms with Crippen molar-refractivity contribution in [3.63, 3.8) is 0 Å². The Hall–Kier alpha value is -2.65. The predicted molar refractivity (Wildman–Crippen MR) is 125 cm³/mol. The lowest BCUT2D eigenvalue weighted by Gasteiger charge is -2.32. The number of rotatable bonds is 9. The van der Waals surface area contributed by atoms with Gasteiger partial charge in [0.25, 0.3) is 0 Å². The average Bonchev–Trinajstić information content (AvgIpc) is 2.77. The fourth-order valence-electron chi connectivity index (χ4n) is 3.87. The molecule has 3 nitrogen and oxygen atoms in total. The largest absolute Gasteiger partial charge is 0.456 e. The summed E-state index contributed by atoms with van der Waals surface area (Å²) in [6, 6.07) is 19.3. The summed E-state index contributed by atoms with van der Waals surface area (Å²) in [7, 11) is 0. The molecule has 3 aromatic carbocycles. The maximum atomic E-state index is 12.1. The first-order chi connectivity index (χ1) is 14.4. The Bertz CT molecular complexity index is 1050. The van der Waals surface area contributed by atoms with E-state index in [9.17, 15) is 4.79 Å². The van der Waals surface area contributed by atoms with Crippen LogP contribution >= 0.6 is 0 Å². The number of hydrogen-bond acceptors (Lipinski definition) is 3. The quantitative estimate of drug-likeness (QED) is 0.216. The zero-order valence-electron chi connectivity index (χ0n) is 18.5. The van der Waals surface area contributed by atoms with Gasteiger partial charge in [-0.05, 0) is 59.9 Å². The second-order valence-electron chi connectivity index (χ2n) is 8.09. The van der Waals surface area contributed by atoms with Gasteiger partial charge in [0.1, 0.15) is 5.60 Å². The van der Waals surface area contributed by atoms with Gasteiger partial charge in [0.05, 0.1) is 12.7 Å². The first-order valence-electron chi connectivity index (χ1n) is 10.8. The third-order valence-corrected chi connectivity index (χ3v) is 6.11. The molecule has 3 aromatic rings. The van der Waals surface area contributed by atoms with Crippen LogP contribution in [0.2, 0.25) is 0 Å². The number of carbonyl (C=O) groups excluding carboxylic acids is 1. The highest BCUT2D eigenvalue weighted by Gasteiger charge is 2.30. The fourth-order valence-corrected chi connectivity index (χ4v) is 3.87. The van der Waals surface area contributed by atoms with Crippen molar-refractivity contribution in [2.45, 2.75) is 58.7 Å². The van der Waals surface area contributed by atoms with Crippen molar-refractivity contribution in [3.05, 3.63) is 72.3 Å². The number of benzene rings is 3. The number of ether oxygens (including phenoxy) is 2. The van der Waals surface area contributed by atoms with Gasteiger partial charge in [0, 0.05) is 12.0 Å². The molecule has 0 aliphatic rings. The topological polar surface area (TPSA) is 35.5 Å². The Labute approximate surface area is 179 Å². The molecule has 1 atom stereocenters. The molecule has 0 aromatic heterocycles. The van der Waals surface area contributed by atoms with Crippen LogP contribution in [0, 0.1) is 0 Å². The summed E-state index contributed by atoms with van der Waals surface area (Å²) < 4.78 is 11.9. The van der Waals surface area contributed by atoms with E-state index in [1.54, 1.807) is 6.92 Å². The molecular formula is C27H32O3. The van der Waals surface area contributed by atoms with Crippen LogP contribution in [0.1, 0.15) is 58.6 Å². The molecule has 3 heteroatoms. The monoisotopic (exact) mass is 404 g/mol. The summed E-state index contributed by atoms with van der Waals surface area (Å²) in [5.74, 6) is -0.326. The molecule has 0 fully saturated rings. The van der Waals surface area contributed by atoms with Gasteiger partial charge in [0.2, 0.25) is 0 Å². The van der Waals surface area contributed by atoms with E-state index in [1.807, 2.05) is 13.8 Å². The predicted octanol–water partition coefficient (Wildman–Crippen LogP) is 7.14. The molecule has 0 radical (unpaired) electrons. The van der Waals surface area contributed by atoms with E-state index in [0.717, 1.165) is 18.4 Å². The van der Waals surface area contributed by atoms with Crippen molar-refractivity contribution in [2.75, 3.05) is 6.61 Å². The smallest absolute Gasteiger partial charge is 0.333 e. The molecule has 0 saturated heterocycles. The van der Waals surface area contributed by atoms with Crippen molar-refractivity contribution >= 4 is 27.5 Å². The van der Waals surface area contributed by atoms with Crippen molar-refractivity contribution in [3.8, 4) is 0 Å². The number of fused-ring (bicyclic) bond motifs is 3. The van der Waals surface area contributed by atoms with Gasteiger partial charge in [0.15, 0.2) is 0 Å². The van der Waals surface area contributed by atoms with Gasteiger partial charge >= 0.3 is 5.97 Å². The first kappa shape index (κ1) is 22.0. The normalized spacial score (nSPS) is 12.8. The Morgan fingerprint density at radius 1 is 1.00 bits per heavy atom. The molecule has 0 saturated carbocycles. The van der Waals surface area contributed by atoms with Crippen LogP contribution in [0.5, 0.6) is 0 Å². The van der Waals surface area contributed by atoms with Crippen molar-refractivity contribution in [2.24, 2.45) is 0 Å². The molecule has 0 heterocycles. The van der Waals surface area contributed by atoms with Gasteiger partial charge in [-0.2, -0.15) is 0 Å². The van der Waals surface area contributed by atoms with E-state index < -0.39 is 5.60 Å². The minimum absolute atomic E-state index is 0.0448. The Morgan fingerprint density at radius 2 is 1.63 bits per heavy atom. The molecule has 0 spiro atoms. The first-order valence-corrected chi connectivity index (χ1v) is 10.8. The zero-order chi connectivity index (χ0) is 21.7. The van der Waals surface area contributed by atoms with Gasteiger partial charge in [-0.1, -0.05) is 69.0 Å². The highest BCUT2D eigenvalue weighted by molar-refractivity contribution is 6.07. The number of esters is 1. The molecule has 0 aliphatic carbocycles. The molecule has 0 aliphatic heterocycles. The van der Waals surface area contributed by atoms with Crippen LogP contribution in [-0.4, -0.2) is 18.2 Å². The molecule has 30 heavy (non-hydrogen) atoms. The Kier molecular flexibility index (Phi) is 6.94. The Balaban J connectivity index is 1.73. The molecule has 3 rings (SSSR count). The van der Waals surface area contributed by atoms with E-state index in [2.05, 4.69) is 68.1 Å². The standard InChI is InChI=1S/C27H32O3/c1-6-27(7-2,30-26(28)19(3)4)16-17-29-20(5)23-15-14-22-13-12-21-10-8-9-11-24(21)25(22)18-23/h8-15,18,20H,3,6-7,16-17H2,1-2,4-5H3. The van der Waals surface area contributed by atoms with E-state index >= 15 is 0 Å². The van der Waals surface area contributed by atoms with Crippen LogP contribution < -0.4 is 0 Å². The highest BCUT2D eigenvalue weighted by atomic mass is 16.6. The lowest BCUT2D eigenvalue weighted by Crippen LogP contribution is -2.35. The van der Waals surface area contributed by atoms with Crippen LogP contribution in [0.25, 0.3) is 21.5 Å². The summed E-state index contributed by atoms with van der Waals surface area (Å²) in [6.07, 6.45) is 2.13. The van der Waals surface area contributed by atoms with Crippen LogP contribution in [0.3, 0.4) is 0 Å². The second-order valence-corrected chi connectivity index (χ2v) is 8.09. The maximum Gasteiger partial charge on any atom is 0.333 e. The lowest BCUT2D eigenvalue weighted by atomic mass is 9.93. The number of hydrogen-bond donors (Lipinski definition) is 0. The van der Waals surface area contributed by atoms with Crippen LogP contribution in [0.15, 0.2) is 66.7 Å². The second kappa shape index (κ2) is 9.44. The SMILES string of the molecule is C=C(C)C(=O)OC(CC)(CC)CCOC(C)c1ccc2ccc3ccccc3c2c1. The van der Waals surface area contributed by atoms with E-state index in [4.69, 9.17) is 9.47 Å². The van der Waals surface area contributed by atoms with Gasteiger partial charge < -0.3 is 9.47 Å². The summed E-state index contributed by atoms with van der Waals surface area (Å²) >= 11 is 0. The van der Waals surface area contributed by atoms with Crippen molar-refractivity contribution in [1.82, 2.24) is 0 Å². The minimum Gasteiger partial charge on any atom is -0.456 e. The lowest BCUT2D eigenvalue weighted by molar-refractivity contribution is -0.158. The molecular weight excluding hydrogens is 372 g/mol. The summed E-state index contributed by atoms with van der Waals surface area (Å²) in [4.78, 5) is 12.1. The maximum absolute atomic E-state index is 12.1. The van der Waals surface area contributed by atoms with Crippen molar-refractivity contribution < 1.29 is 14.3 Å². The molecule has 0 N–H and O–H groups in total. The van der Waals surface area contributed by atoms with Crippen molar-refractivity contribution in [1.29, 1.82) is 0 Å². The average molecular weight is 405 g/mol. The Morgan fingerprint density at radius 3 is 2.30 bits per heavy atom. The molecule has 1 unspecified atom stereocenters. The molecule has 0 bridgehead atoms. The molecule has 0 amide bonds. The summed E-state index contributed by atoms with van der Waals surface area (Å²) in [5.41, 5.74) is 1.07. The van der Waals surface area contributed by atoms with Crippen LogP contribution in [0.4, 0.5) is 0 Å². The third kappa shape index (κ3) is 4.73. The van der Waals surface area contributed by atoms with E-state index in [0.29, 0.717) is 18.6 Å². The van der Waals surface area contributed by atoms with Gasteiger partial charge in [-0.15, -0.1) is 0 Å². The van der Waals surface area contributed by atoms with Gasteiger partial charge in [-0.25, -0.2) is 4.79 Å². The minimum atomic E-state index is -0.505. The number of carbonyl (C=O) groups is 1. The fraction of sp³-hybridized carbons (Fsp3) is 0.370. The summed E-state index contributed by atoms with van der Waals surface area (Å²) in [6.45, 7) is 12.1. The van der Waals surface area contributed by atoms with Crippen LogP contribution in [-0.2, 0) is 14.3 Å². The van der Waals surface area contributed by atoms with Gasteiger partial charge in [-0.3, -0.25) is 0 Å². The molecule has 158 valence electrons. The third-order valence-electron chi connectivity index (χ3n) is 6.11. The summed E-state index contributed by atoms with van der Waals surface area (Å²) in [5, 5.41) is 4.97. The van der Waals surface area contributed by atoms with E-state index in [1.165, 1.54) is 21.5 Å². The van der Waals surface area contributed by atoms with E-state index in [-0.39, 0.29) is 12.1 Å².